The number of rotatable bonds is 6. The van der Waals surface area contributed by atoms with E-state index in [9.17, 15) is 0 Å². The highest BCUT2D eigenvalue weighted by Crippen LogP contribution is 2.17. The molecule has 2 rings (SSSR count). The summed E-state index contributed by atoms with van der Waals surface area (Å²) in [5.74, 6) is 0.552. The van der Waals surface area contributed by atoms with Crippen molar-refractivity contribution in [1.82, 2.24) is 10.3 Å². The number of pyridine rings is 1. The molecule has 0 radical (unpaired) electrons. The molecule has 0 saturated carbocycles. The van der Waals surface area contributed by atoms with Crippen LogP contribution in [0.25, 0.3) is 10.8 Å². The molecule has 0 bridgehead atoms. The number of nitrogens with one attached hydrogen (secondary N) is 1. The number of hydrogen-bond acceptors (Lipinski definition) is 3. The van der Waals surface area contributed by atoms with Crippen LogP contribution in [-0.2, 0) is 11.3 Å². The first-order chi connectivity index (χ1) is 9.22. The van der Waals surface area contributed by atoms with E-state index < -0.39 is 0 Å². The van der Waals surface area contributed by atoms with E-state index in [0.29, 0.717) is 12.0 Å². The van der Waals surface area contributed by atoms with Gasteiger partial charge in [-0.3, -0.25) is 4.98 Å². The third-order valence-electron chi connectivity index (χ3n) is 3.48. The standard InChI is InChI=1S/C16H22N2O/c1-12(2)16(11-19-3)18-10-14-6-4-5-13-9-17-8-7-15(13)14/h4-9,12,16,18H,10-11H2,1-3H3. The number of methoxy groups -OCH3 is 1. The first-order valence-corrected chi connectivity index (χ1v) is 6.76. The van der Waals surface area contributed by atoms with Gasteiger partial charge in [-0.2, -0.15) is 0 Å². The van der Waals surface area contributed by atoms with Gasteiger partial charge in [0, 0.05) is 37.5 Å². The minimum absolute atomic E-state index is 0.377. The average Bonchev–Trinajstić information content (AvgIpc) is 2.43. The summed E-state index contributed by atoms with van der Waals surface area (Å²) in [7, 11) is 1.75. The van der Waals surface area contributed by atoms with Gasteiger partial charge in [0.2, 0.25) is 0 Å². The largest absolute Gasteiger partial charge is 0.383 e. The Kier molecular flexibility index (Phi) is 4.88. The first-order valence-electron chi connectivity index (χ1n) is 6.76. The van der Waals surface area contributed by atoms with Crippen LogP contribution in [-0.4, -0.2) is 24.7 Å². The molecule has 19 heavy (non-hydrogen) atoms. The van der Waals surface area contributed by atoms with Crippen molar-refractivity contribution in [3.05, 3.63) is 42.2 Å². The van der Waals surface area contributed by atoms with Gasteiger partial charge in [-0.05, 0) is 22.9 Å². The normalized spacial score (nSPS) is 13.1. The van der Waals surface area contributed by atoms with E-state index >= 15 is 0 Å². The van der Waals surface area contributed by atoms with Crippen molar-refractivity contribution in [1.29, 1.82) is 0 Å². The molecule has 0 amide bonds. The van der Waals surface area contributed by atoms with E-state index in [2.05, 4.69) is 48.4 Å². The third-order valence-corrected chi connectivity index (χ3v) is 3.48. The molecular formula is C16H22N2O. The lowest BCUT2D eigenvalue weighted by Crippen LogP contribution is -2.37. The maximum absolute atomic E-state index is 5.27. The summed E-state index contributed by atoms with van der Waals surface area (Å²) in [5, 5.41) is 6.04. The zero-order valence-corrected chi connectivity index (χ0v) is 11.9. The monoisotopic (exact) mass is 258 g/mol. The molecule has 3 heteroatoms. The van der Waals surface area contributed by atoms with E-state index in [1.54, 1.807) is 7.11 Å². The second-order valence-corrected chi connectivity index (χ2v) is 5.20. The molecule has 1 aromatic carbocycles. The predicted molar refractivity (Wildman–Crippen MR) is 79.1 cm³/mol. The van der Waals surface area contributed by atoms with Gasteiger partial charge in [-0.25, -0.2) is 0 Å². The number of fused-ring (bicyclic) bond motifs is 1. The van der Waals surface area contributed by atoms with E-state index in [1.807, 2.05) is 12.4 Å². The number of aromatic nitrogens is 1. The van der Waals surface area contributed by atoms with Crippen LogP contribution in [0.5, 0.6) is 0 Å². The lowest BCUT2D eigenvalue weighted by Gasteiger charge is -2.22. The van der Waals surface area contributed by atoms with Crippen LogP contribution in [0, 0.1) is 5.92 Å². The second kappa shape index (κ2) is 6.64. The van der Waals surface area contributed by atoms with Crippen molar-refractivity contribution >= 4 is 10.8 Å². The number of ether oxygens (including phenoxy) is 1. The molecule has 1 atom stereocenters. The fourth-order valence-electron chi connectivity index (χ4n) is 2.25. The highest BCUT2D eigenvalue weighted by Gasteiger charge is 2.12. The fraction of sp³-hybridized carbons (Fsp3) is 0.438. The Morgan fingerprint density at radius 2 is 2.11 bits per heavy atom. The Labute approximate surface area is 115 Å². The Morgan fingerprint density at radius 1 is 1.26 bits per heavy atom. The van der Waals surface area contributed by atoms with Crippen LogP contribution in [0.3, 0.4) is 0 Å². The number of hydrogen-bond donors (Lipinski definition) is 1. The highest BCUT2D eigenvalue weighted by molar-refractivity contribution is 5.84. The summed E-state index contributed by atoms with van der Waals surface area (Å²) in [5.41, 5.74) is 1.31. The summed E-state index contributed by atoms with van der Waals surface area (Å²) in [6.07, 6.45) is 3.76. The number of nitrogens with zero attached hydrogens (tertiary/aromatic N) is 1. The fourth-order valence-corrected chi connectivity index (χ4v) is 2.25. The summed E-state index contributed by atoms with van der Waals surface area (Å²) in [6.45, 7) is 6.02. The third kappa shape index (κ3) is 3.52. The van der Waals surface area contributed by atoms with Crippen LogP contribution in [0.4, 0.5) is 0 Å². The van der Waals surface area contributed by atoms with Gasteiger partial charge in [0.25, 0.3) is 0 Å². The topological polar surface area (TPSA) is 34.1 Å². The Balaban J connectivity index is 2.13. The second-order valence-electron chi connectivity index (χ2n) is 5.20. The van der Waals surface area contributed by atoms with Gasteiger partial charge in [0.15, 0.2) is 0 Å². The summed E-state index contributed by atoms with van der Waals surface area (Å²) in [4.78, 5) is 4.17. The van der Waals surface area contributed by atoms with Gasteiger partial charge in [0.1, 0.15) is 0 Å². The summed E-state index contributed by atoms with van der Waals surface area (Å²) >= 11 is 0. The van der Waals surface area contributed by atoms with Gasteiger partial charge in [-0.15, -0.1) is 0 Å². The molecular weight excluding hydrogens is 236 g/mol. The van der Waals surface area contributed by atoms with E-state index in [-0.39, 0.29) is 0 Å². The molecule has 1 aromatic heterocycles. The molecule has 0 spiro atoms. The molecule has 2 aromatic rings. The minimum Gasteiger partial charge on any atom is -0.383 e. The maximum atomic E-state index is 5.27. The molecule has 0 aliphatic carbocycles. The van der Waals surface area contributed by atoms with Crippen LogP contribution < -0.4 is 5.32 Å². The zero-order chi connectivity index (χ0) is 13.7. The maximum Gasteiger partial charge on any atom is 0.0618 e. The molecule has 0 fully saturated rings. The quantitative estimate of drug-likeness (QED) is 0.865. The Hall–Kier alpha value is -1.45. The SMILES string of the molecule is COCC(NCc1cccc2cnccc12)C(C)C. The Bertz CT molecular complexity index is 520. The molecule has 0 saturated heterocycles. The van der Waals surface area contributed by atoms with Gasteiger partial charge < -0.3 is 10.1 Å². The van der Waals surface area contributed by atoms with Crippen molar-refractivity contribution in [2.75, 3.05) is 13.7 Å². The average molecular weight is 258 g/mol. The minimum atomic E-state index is 0.377. The molecule has 1 N–H and O–H groups in total. The smallest absolute Gasteiger partial charge is 0.0618 e. The van der Waals surface area contributed by atoms with E-state index in [0.717, 1.165) is 13.2 Å². The van der Waals surface area contributed by atoms with E-state index in [4.69, 9.17) is 4.74 Å². The molecule has 3 nitrogen and oxygen atoms in total. The molecule has 102 valence electrons. The highest BCUT2D eigenvalue weighted by atomic mass is 16.5. The van der Waals surface area contributed by atoms with Crippen molar-refractivity contribution in [3.63, 3.8) is 0 Å². The summed E-state index contributed by atoms with van der Waals surface area (Å²) < 4.78 is 5.27. The lowest BCUT2D eigenvalue weighted by molar-refractivity contribution is 0.146. The summed E-state index contributed by atoms with van der Waals surface area (Å²) in [6, 6.07) is 8.80. The van der Waals surface area contributed by atoms with Crippen molar-refractivity contribution in [2.24, 2.45) is 5.92 Å². The molecule has 1 heterocycles. The van der Waals surface area contributed by atoms with Crippen LogP contribution in [0.1, 0.15) is 19.4 Å². The van der Waals surface area contributed by atoms with Crippen molar-refractivity contribution in [2.45, 2.75) is 26.4 Å². The van der Waals surface area contributed by atoms with E-state index in [1.165, 1.54) is 16.3 Å². The Morgan fingerprint density at radius 3 is 2.84 bits per heavy atom. The molecule has 1 unspecified atom stereocenters. The van der Waals surface area contributed by atoms with Crippen molar-refractivity contribution in [3.8, 4) is 0 Å². The van der Waals surface area contributed by atoms with Gasteiger partial charge >= 0.3 is 0 Å². The lowest BCUT2D eigenvalue weighted by atomic mass is 10.0. The predicted octanol–water partition coefficient (Wildman–Crippen LogP) is 3.00. The van der Waals surface area contributed by atoms with Gasteiger partial charge in [0.05, 0.1) is 6.61 Å². The molecule has 0 aliphatic rings. The zero-order valence-electron chi connectivity index (χ0n) is 11.9. The number of benzene rings is 1. The van der Waals surface area contributed by atoms with Crippen molar-refractivity contribution < 1.29 is 4.74 Å². The van der Waals surface area contributed by atoms with Gasteiger partial charge in [-0.1, -0.05) is 32.0 Å². The molecule has 0 aliphatic heterocycles. The van der Waals surface area contributed by atoms with Crippen LogP contribution in [0.15, 0.2) is 36.7 Å². The van der Waals surface area contributed by atoms with Crippen LogP contribution >= 0.6 is 0 Å². The first kappa shape index (κ1) is 14.0. The van der Waals surface area contributed by atoms with Crippen LogP contribution in [0.2, 0.25) is 0 Å².